The summed E-state index contributed by atoms with van der Waals surface area (Å²) in [4.78, 5) is 0. The number of phenolic OH excluding ortho intramolecular Hbond substituents is 2. The number of nitrogens with zero attached hydrogens (tertiary/aromatic N) is 2. The predicted molar refractivity (Wildman–Crippen MR) is 109 cm³/mol. The smallest absolute Gasteiger partial charge is 0.200 e. The van der Waals surface area contributed by atoms with Crippen molar-refractivity contribution in [1.29, 1.82) is 0 Å². The Morgan fingerprint density at radius 2 is 1.78 bits per heavy atom. The van der Waals surface area contributed by atoms with Gasteiger partial charge in [0, 0.05) is 16.3 Å². The largest absolute Gasteiger partial charge is 0.508 e. The fraction of sp³-hybridized carbons (Fsp3) is 0.143. The van der Waals surface area contributed by atoms with Gasteiger partial charge in [0.25, 0.3) is 0 Å². The summed E-state index contributed by atoms with van der Waals surface area (Å²) in [5.41, 5.74) is 3.49. The molecule has 4 aromatic rings. The molecule has 3 N–H and O–H groups in total. The maximum atomic E-state index is 10.2. The molecule has 0 saturated heterocycles. The molecule has 1 aromatic heterocycles. The van der Waals surface area contributed by atoms with Gasteiger partial charge in [-0.3, -0.25) is 9.67 Å². The molecule has 0 spiro atoms. The number of aromatic hydroxyl groups is 2. The molecule has 1 heterocycles. The number of aryl methyl sites for hydroxylation is 2. The lowest BCUT2D eigenvalue weighted by atomic mass is 10.0. The molecule has 4 rings (SSSR count). The summed E-state index contributed by atoms with van der Waals surface area (Å²) in [7, 11) is 0. The van der Waals surface area contributed by atoms with E-state index >= 15 is 0 Å². The van der Waals surface area contributed by atoms with E-state index in [0.29, 0.717) is 17.0 Å². The molecular formula is C21H19N3O2S. The van der Waals surface area contributed by atoms with E-state index in [1.165, 1.54) is 0 Å². The summed E-state index contributed by atoms with van der Waals surface area (Å²) < 4.78 is 2.34. The quantitative estimate of drug-likeness (QED) is 0.438. The molecule has 27 heavy (non-hydrogen) atoms. The van der Waals surface area contributed by atoms with Crippen LogP contribution < -0.4 is 0 Å². The van der Waals surface area contributed by atoms with Gasteiger partial charge in [0.1, 0.15) is 11.5 Å². The highest BCUT2D eigenvalue weighted by molar-refractivity contribution is 7.71. The van der Waals surface area contributed by atoms with E-state index in [0.717, 1.165) is 33.2 Å². The second kappa shape index (κ2) is 6.55. The lowest BCUT2D eigenvalue weighted by Gasteiger charge is -2.14. The van der Waals surface area contributed by atoms with Gasteiger partial charge in [0.15, 0.2) is 10.6 Å². The molecule has 0 bridgehead atoms. The van der Waals surface area contributed by atoms with Gasteiger partial charge in [-0.2, -0.15) is 5.10 Å². The molecule has 0 amide bonds. The van der Waals surface area contributed by atoms with E-state index in [2.05, 4.69) is 10.2 Å². The third kappa shape index (κ3) is 2.78. The van der Waals surface area contributed by atoms with Crippen LogP contribution in [0.5, 0.6) is 11.5 Å². The van der Waals surface area contributed by atoms with Gasteiger partial charge in [-0.25, -0.2) is 0 Å². The van der Waals surface area contributed by atoms with Crippen molar-refractivity contribution >= 4 is 23.0 Å². The second-order valence-electron chi connectivity index (χ2n) is 6.49. The number of hydrogen-bond acceptors (Lipinski definition) is 4. The maximum Gasteiger partial charge on any atom is 0.200 e. The minimum Gasteiger partial charge on any atom is -0.508 e. The standard InChI is InChI=1S/C21H19N3O2S/c1-3-13-11-16(12(2)10-19(13)26)20-22-23-21(27)24(20)17-8-9-18(25)15-7-5-4-6-14(15)17/h4-11,25-26H,3H2,1-2H3,(H,23,27). The highest BCUT2D eigenvalue weighted by Gasteiger charge is 2.17. The van der Waals surface area contributed by atoms with Crippen molar-refractivity contribution in [3.63, 3.8) is 0 Å². The third-order valence-corrected chi connectivity index (χ3v) is 5.11. The molecule has 0 unspecified atom stereocenters. The van der Waals surface area contributed by atoms with Gasteiger partial charge in [0.2, 0.25) is 0 Å². The summed E-state index contributed by atoms with van der Waals surface area (Å²) in [6.07, 6.45) is 0.715. The zero-order valence-corrected chi connectivity index (χ0v) is 15.8. The predicted octanol–water partition coefficient (Wildman–Crippen LogP) is 5.03. The molecule has 0 fully saturated rings. The van der Waals surface area contributed by atoms with Crippen molar-refractivity contribution in [2.24, 2.45) is 0 Å². The van der Waals surface area contributed by atoms with E-state index in [4.69, 9.17) is 12.2 Å². The molecule has 0 radical (unpaired) electrons. The molecule has 136 valence electrons. The van der Waals surface area contributed by atoms with Crippen LogP contribution >= 0.6 is 12.2 Å². The highest BCUT2D eigenvalue weighted by atomic mass is 32.1. The minimum absolute atomic E-state index is 0.222. The first-order valence-corrected chi connectivity index (χ1v) is 9.13. The van der Waals surface area contributed by atoms with Crippen LogP contribution in [0.15, 0.2) is 48.5 Å². The number of rotatable bonds is 3. The maximum absolute atomic E-state index is 10.2. The number of hydrogen-bond donors (Lipinski definition) is 3. The van der Waals surface area contributed by atoms with Gasteiger partial charge in [-0.05, 0) is 61.0 Å². The average Bonchev–Trinajstić information content (AvgIpc) is 3.04. The first-order valence-electron chi connectivity index (χ1n) is 8.72. The Morgan fingerprint density at radius 1 is 1.04 bits per heavy atom. The Balaban J connectivity index is 2.04. The third-order valence-electron chi connectivity index (χ3n) is 4.84. The van der Waals surface area contributed by atoms with E-state index in [-0.39, 0.29) is 11.5 Å². The summed E-state index contributed by atoms with van der Waals surface area (Å²) >= 11 is 5.51. The van der Waals surface area contributed by atoms with E-state index < -0.39 is 0 Å². The van der Waals surface area contributed by atoms with E-state index in [1.54, 1.807) is 12.1 Å². The van der Waals surface area contributed by atoms with Crippen molar-refractivity contribution in [1.82, 2.24) is 14.8 Å². The summed E-state index contributed by atoms with van der Waals surface area (Å²) in [5, 5.41) is 29.3. The second-order valence-corrected chi connectivity index (χ2v) is 6.87. The van der Waals surface area contributed by atoms with Crippen molar-refractivity contribution in [2.45, 2.75) is 20.3 Å². The van der Waals surface area contributed by atoms with Gasteiger partial charge in [-0.15, -0.1) is 0 Å². The SMILES string of the molecule is CCc1cc(-c2n[nH]c(=S)n2-c2ccc(O)c3ccccc23)c(C)cc1O. The topological polar surface area (TPSA) is 74.1 Å². The summed E-state index contributed by atoms with van der Waals surface area (Å²) in [5.74, 6) is 1.18. The van der Waals surface area contributed by atoms with Gasteiger partial charge < -0.3 is 10.2 Å². The van der Waals surface area contributed by atoms with Crippen molar-refractivity contribution in [2.75, 3.05) is 0 Å². The molecule has 5 nitrogen and oxygen atoms in total. The molecule has 0 atom stereocenters. The molecule has 3 aromatic carbocycles. The molecule has 6 heteroatoms. The summed E-state index contributed by atoms with van der Waals surface area (Å²) in [6.45, 7) is 3.93. The Morgan fingerprint density at radius 3 is 2.52 bits per heavy atom. The van der Waals surface area contributed by atoms with Crippen LogP contribution in [0, 0.1) is 11.7 Å². The van der Waals surface area contributed by atoms with Crippen molar-refractivity contribution < 1.29 is 10.2 Å². The lowest BCUT2D eigenvalue weighted by Crippen LogP contribution is -2.01. The molecule has 0 aliphatic rings. The molecule has 0 saturated carbocycles. The van der Waals surface area contributed by atoms with Crippen LogP contribution in [-0.4, -0.2) is 25.0 Å². The fourth-order valence-corrected chi connectivity index (χ4v) is 3.66. The van der Waals surface area contributed by atoms with E-state index in [9.17, 15) is 10.2 Å². The number of H-pyrrole nitrogens is 1. The Bertz CT molecular complexity index is 1220. The molecule has 0 aliphatic carbocycles. The van der Waals surface area contributed by atoms with E-state index in [1.807, 2.05) is 54.8 Å². The first kappa shape index (κ1) is 17.3. The zero-order valence-electron chi connectivity index (χ0n) is 15.0. The van der Waals surface area contributed by atoms with Gasteiger partial charge in [-0.1, -0.05) is 31.2 Å². The minimum atomic E-state index is 0.222. The monoisotopic (exact) mass is 377 g/mol. The van der Waals surface area contributed by atoms with Crippen LogP contribution in [0.2, 0.25) is 0 Å². The zero-order chi connectivity index (χ0) is 19.1. The number of benzene rings is 3. The number of fused-ring (bicyclic) bond motifs is 1. The van der Waals surface area contributed by atoms with Crippen LogP contribution in [-0.2, 0) is 6.42 Å². The number of phenols is 2. The van der Waals surface area contributed by atoms with Crippen molar-refractivity contribution in [3.05, 3.63) is 64.4 Å². The van der Waals surface area contributed by atoms with Crippen molar-refractivity contribution in [3.8, 4) is 28.6 Å². The first-order chi connectivity index (χ1) is 13.0. The van der Waals surface area contributed by atoms with Crippen LogP contribution in [0.3, 0.4) is 0 Å². The highest BCUT2D eigenvalue weighted by Crippen LogP contribution is 2.34. The Labute approximate surface area is 161 Å². The summed E-state index contributed by atoms with van der Waals surface area (Å²) in [6, 6.07) is 14.8. The Kier molecular flexibility index (Phi) is 4.20. The average molecular weight is 377 g/mol. The molecular weight excluding hydrogens is 358 g/mol. The number of nitrogens with one attached hydrogen (secondary N) is 1. The Hall–Kier alpha value is -3.12. The van der Waals surface area contributed by atoms with Crippen LogP contribution in [0.1, 0.15) is 18.1 Å². The van der Waals surface area contributed by atoms with Crippen LogP contribution in [0.4, 0.5) is 0 Å². The lowest BCUT2D eigenvalue weighted by molar-refractivity contribution is 0.468. The number of aromatic nitrogens is 3. The number of aromatic amines is 1. The fourth-order valence-electron chi connectivity index (χ4n) is 3.42. The van der Waals surface area contributed by atoms with Gasteiger partial charge in [0.05, 0.1) is 5.69 Å². The molecule has 0 aliphatic heterocycles. The normalized spacial score (nSPS) is 11.2. The van der Waals surface area contributed by atoms with Crippen LogP contribution in [0.25, 0.3) is 27.8 Å². The van der Waals surface area contributed by atoms with Gasteiger partial charge >= 0.3 is 0 Å².